The molecular formula is C17H17Cl2N3O5S. The zero-order valence-electron chi connectivity index (χ0n) is 15.1. The summed E-state index contributed by atoms with van der Waals surface area (Å²) in [6.07, 6.45) is 0.937. The number of sulfonamides is 1. The monoisotopic (exact) mass is 445 g/mol. The van der Waals surface area contributed by atoms with Gasteiger partial charge < -0.3 is 5.32 Å². The lowest BCUT2D eigenvalue weighted by Crippen LogP contribution is -2.45. The van der Waals surface area contributed by atoms with Gasteiger partial charge in [0.2, 0.25) is 15.9 Å². The van der Waals surface area contributed by atoms with E-state index < -0.39 is 26.9 Å². The molecule has 2 aromatic rings. The molecule has 2 rings (SSSR count). The third kappa shape index (κ3) is 4.92. The molecule has 0 aliphatic carbocycles. The quantitative estimate of drug-likeness (QED) is 0.533. The number of hydrogen-bond donors (Lipinski definition) is 1. The molecule has 0 aromatic heterocycles. The second-order valence-corrected chi connectivity index (χ2v) is 8.78. The fourth-order valence-electron chi connectivity index (χ4n) is 2.53. The molecular weight excluding hydrogens is 429 g/mol. The van der Waals surface area contributed by atoms with Gasteiger partial charge in [-0.25, -0.2) is 8.42 Å². The molecule has 1 amide bonds. The second-order valence-electron chi connectivity index (χ2n) is 6.08. The fraction of sp³-hybridized carbons (Fsp3) is 0.235. The van der Waals surface area contributed by atoms with E-state index in [4.69, 9.17) is 23.2 Å². The molecule has 28 heavy (non-hydrogen) atoms. The maximum Gasteiger partial charge on any atom is 0.271 e. The van der Waals surface area contributed by atoms with Crippen molar-refractivity contribution in [3.8, 4) is 0 Å². The number of rotatable bonds is 6. The molecule has 2 aromatic carbocycles. The number of nitrogens with one attached hydrogen (secondary N) is 1. The number of hydrogen-bond acceptors (Lipinski definition) is 5. The minimum atomic E-state index is -3.90. The van der Waals surface area contributed by atoms with Crippen LogP contribution in [0.3, 0.4) is 0 Å². The van der Waals surface area contributed by atoms with Gasteiger partial charge in [-0.2, -0.15) is 0 Å². The number of nitro benzene ring substituents is 1. The average Bonchev–Trinajstić information content (AvgIpc) is 2.58. The molecule has 0 unspecified atom stereocenters. The summed E-state index contributed by atoms with van der Waals surface area (Å²) in [5, 5.41) is 13.8. The van der Waals surface area contributed by atoms with Gasteiger partial charge in [-0.05, 0) is 37.6 Å². The Hall–Kier alpha value is -2.36. The molecule has 8 nitrogen and oxygen atoms in total. The highest BCUT2D eigenvalue weighted by atomic mass is 35.5. The lowest BCUT2D eigenvalue weighted by atomic mass is 10.1. The van der Waals surface area contributed by atoms with Gasteiger partial charge in [-0.15, -0.1) is 0 Å². The molecule has 0 saturated carbocycles. The van der Waals surface area contributed by atoms with Crippen molar-refractivity contribution in [3.63, 3.8) is 0 Å². The maximum atomic E-state index is 12.7. The van der Waals surface area contributed by atoms with E-state index >= 15 is 0 Å². The first-order valence-electron chi connectivity index (χ1n) is 7.92. The summed E-state index contributed by atoms with van der Waals surface area (Å²) < 4.78 is 25.6. The molecule has 0 aliphatic heterocycles. The van der Waals surface area contributed by atoms with Crippen molar-refractivity contribution >= 4 is 56.2 Å². The number of nitro groups is 1. The Kier molecular flexibility index (Phi) is 6.53. The molecule has 0 saturated heterocycles. The molecule has 0 aliphatic rings. The summed E-state index contributed by atoms with van der Waals surface area (Å²) in [7, 11) is -3.90. The standard InChI is InChI=1S/C17H17Cl2N3O5S/c1-10-4-6-13(22(24)25)9-15(10)20-17(23)11(2)21(28(3,26)27)16-8-12(18)5-7-14(16)19/h4-9,11H,1-3H3,(H,20,23)/t11-/m0/s1. The van der Waals surface area contributed by atoms with Crippen molar-refractivity contribution < 1.29 is 18.1 Å². The summed E-state index contributed by atoms with van der Waals surface area (Å²) in [5.74, 6) is -0.690. The van der Waals surface area contributed by atoms with Gasteiger partial charge in [0.25, 0.3) is 5.69 Å². The molecule has 1 N–H and O–H groups in total. The van der Waals surface area contributed by atoms with Gasteiger partial charge in [0.05, 0.1) is 27.6 Å². The number of carbonyl (C=O) groups is 1. The Morgan fingerprint density at radius 1 is 1.21 bits per heavy atom. The number of nitrogens with zero attached hydrogens (tertiary/aromatic N) is 2. The third-order valence-electron chi connectivity index (χ3n) is 3.92. The highest BCUT2D eigenvalue weighted by Crippen LogP contribution is 2.32. The Morgan fingerprint density at radius 3 is 2.43 bits per heavy atom. The van der Waals surface area contributed by atoms with Gasteiger partial charge in [-0.3, -0.25) is 19.2 Å². The summed E-state index contributed by atoms with van der Waals surface area (Å²) in [6.45, 7) is 3.03. The summed E-state index contributed by atoms with van der Waals surface area (Å²) >= 11 is 12.1. The minimum Gasteiger partial charge on any atom is -0.324 e. The van der Waals surface area contributed by atoms with Crippen LogP contribution in [0.25, 0.3) is 0 Å². The van der Waals surface area contributed by atoms with Gasteiger partial charge in [0, 0.05) is 17.2 Å². The van der Waals surface area contributed by atoms with Crippen LogP contribution in [-0.4, -0.2) is 31.5 Å². The zero-order chi connectivity index (χ0) is 21.2. The molecule has 150 valence electrons. The molecule has 0 radical (unpaired) electrons. The Bertz CT molecular complexity index is 1040. The predicted molar refractivity (Wildman–Crippen MR) is 110 cm³/mol. The smallest absolute Gasteiger partial charge is 0.271 e. The number of amides is 1. The summed E-state index contributed by atoms with van der Waals surface area (Å²) in [5.41, 5.74) is 0.635. The van der Waals surface area contributed by atoms with E-state index in [0.717, 1.165) is 10.6 Å². The van der Waals surface area contributed by atoms with Crippen LogP contribution in [0.15, 0.2) is 36.4 Å². The lowest BCUT2D eigenvalue weighted by molar-refractivity contribution is -0.384. The minimum absolute atomic E-state index is 0.0510. The first kappa shape index (κ1) is 21.9. The van der Waals surface area contributed by atoms with Crippen molar-refractivity contribution in [2.75, 3.05) is 15.9 Å². The normalized spacial score (nSPS) is 12.3. The Morgan fingerprint density at radius 2 is 1.86 bits per heavy atom. The number of carbonyl (C=O) groups excluding carboxylic acids is 1. The number of aryl methyl sites for hydroxylation is 1. The zero-order valence-corrected chi connectivity index (χ0v) is 17.5. The largest absolute Gasteiger partial charge is 0.324 e. The Labute approximate surface area is 172 Å². The van der Waals surface area contributed by atoms with E-state index in [1.165, 1.54) is 43.3 Å². The van der Waals surface area contributed by atoms with Crippen molar-refractivity contribution in [2.45, 2.75) is 19.9 Å². The van der Waals surface area contributed by atoms with Gasteiger partial charge in [-0.1, -0.05) is 29.3 Å². The van der Waals surface area contributed by atoms with E-state index in [9.17, 15) is 23.3 Å². The van der Waals surface area contributed by atoms with Gasteiger partial charge >= 0.3 is 0 Å². The first-order valence-corrected chi connectivity index (χ1v) is 10.5. The van der Waals surface area contributed by atoms with Crippen LogP contribution in [-0.2, 0) is 14.8 Å². The van der Waals surface area contributed by atoms with Crippen molar-refractivity contribution in [2.24, 2.45) is 0 Å². The molecule has 0 heterocycles. The second kappa shape index (κ2) is 8.34. The fourth-order valence-corrected chi connectivity index (χ4v) is 4.13. The Balaban J connectivity index is 2.42. The predicted octanol–water partition coefficient (Wildman–Crippen LogP) is 4.00. The SMILES string of the molecule is Cc1ccc([N+](=O)[O-])cc1NC(=O)[C@H](C)N(c1cc(Cl)ccc1Cl)S(C)(=O)=O. The lowest BCUT2D eigenvalue weighted by Gasteiger charge is -2.29. The highest BCUT2D eigenvalue weighted by Gasteiger charge is 2.31. The van der Waals surface area contributed by atoms with Gasteiger partial charge in [0.15, 0.2) is 0 Å². The summed E-state index contributed by atoms with van der Waals surface area (Å²) in [6, 6.07) is 7.05. The molecule has 1 atom stereocenters. The van der Waals surface area contributed by atoms with Crippen LogP contribution < -0.4 is 9.62 Å². The van der Waals surface area contributed by atoms with Crippen LogP contribution in [0.1, 0.15) is 12.5 Å². The van der Waals surface area contributed by atoms with E-state index in [0.29, 0.717) is 5.56 Å². The van der Waals surface area contributed by atoms with E-state index in [-0.39, 0.29) is 27.1 Å². The van der Waals surface area contributed by atoms with Crippen LogP contribution >= 0.6 is 23.2 Å². The number of anilines is 2. The number of halogens is 2. The van der Waals surface area contributed by atoms with E-state index in [1.54, 1.807) is 6.92 Å². The van der Waals surface area contributed by atoms with Crippen molar-refractivity contribution in [3.05, 3.63) is 62.1 Å². The first-order chi connectivity index (χ1) is 12.9. The number of non-ortho nitro benzene ring substituents is 1. The van der Waals surface area contributed by atoms with E-state index in [2.05, 4.69) is 5.32 Å². The highest BCUT2D eigenvalue weighted by molar-refractivity contribution is 7.92. The van der Waals surface area contributed by atoms with Crippen LogP contribution in [0, 0.1) is 17.0 Å². The third-order valence-corrected chi connectivity index (χ3v) is 5.71. The molecule has 0 spiro atoms. The van der Waals surface area contributed by atoms with Crippen LogP contribution in [0.5, 0.6) is 0 Å². The van der Waals surface area contributed by atoms with Crippen molar-refractivity contribution in [1.82, 2.24) is 0 Å². The molecule has 0 bridgehead atoms. The van der Waals surface area contributed by atoms with Crippen LogP contribution in [0.4, 0.5) is 17.1 Å². The molecule has 11 heteroatoms. The van der Waals surface area contributed by atoms with Gasteiger partial charge in [0.1, 0.15) is 6.04 Å². The average molecular weight is 446 g/mol. The number of benzene rings is 2. The van der Waals surface area contributed by atoms with Crippen LogP contribution in [0.2, 0.25) is 10.0 Å². The van der Waals surface area contributed by atoms with E-state index in [1.807, 2.05) is 0 Å². The topological polar surface area (TPSA) is 110 Å². The van der Waals surface area contributed by atoms with Crippen molar-refractivity contribution in [1.29, 1.82) is 0 Å². The summed E-state index contributed by atoms with van der Waals surface area (Å²) in [4.78, 5) is 23.1. The maximum absolute atomic E-state index is 12.7. The molecule has 0 fully saturated rings.